The van der Waals surface area contributed by atoms with Gasteiger partial charge in [0, 0.05) is 51.7 Å². The molecule has 7 N–H and O–H groups in total. The van der Waals surface area contributed by atoms with E-state index in [0.717, 1.165) is 12.8 Å². The highest BCUT2D eigenvalue weighted by atomic mass is 16.4. The molecule has 0 aliphatic rings. The largest absolute Gasteiger partial charge is 0.480 e. The number of hydrogen-bond acceptors (Lipinski definition) is 9. The number of unbranched alkanes of at least 4 members (excludes halogenated alkanes) is 1. The number of aliphatic carboxylic acids is 3. The average Bonchev–Trinajstić information content (AvgIpc) is 2.76. The van der Waals surface area contributed by atoms with Crippen LogP contribution < -0.4 is 16.4 Å². The fourth-order valence-corrected chi connectivity index (χ4v) is 3.27. The number of primary amides is 1. The zero-order chi connectivity index (χ0) is 27.5. The molecule has 0 bridgehead atoms. The number of carbonyl (C=O) groups excluding carboxylic acids is 2. The van der Waals surface area contributed by atoms with Gasteiger partial charge in [-0.15, -0.1) is 0 Å². The molecule has 2 amide bonds. The molecule has 0 heterocycles. The third kappa shape index (κ3) is 19.5. The predicted molar refractivity (Wildman–Crippen MR) is 131 cm³/mol. The molecule has 1 atom stereocenters. The van der Waals surface area contributed by atoms with Crippen LogP contribution in [-0.2, 0) is 24.0 Å². The van der Waals surface area contributed by atoms with Crippen molar-refractivity contribution < 1.29 is 39.3 Å². The lowest BCUT2D eigenvalue weighted by atomic mass is 10.0. The standard InChI is InChI=1S/C22H42N6O8/c1-17(22(23)36)5-3-4-6-25-18(29)13-24-7-8-27(15-20(32)33)11-12-28(16-21(34)35)10-9-26(2)14-19(30)31/h17,24H,3-16H2,1-2H3,(H2,23,36)(H,25,29)(H,30,31)(H,32,33)(H,34,35)/t17-/m0/s1. The highest BCUT2D eigenvalue weighted by molar-refractivity contribution is 5.78. The van der Waals surface area contributed by atoms with Crippen LogP contribution >= 0.6 is 0 Å². The number of nitrogens with zero attached hydrogens (tertiary/aromatic N) is 3. The van der Waals surface area contributed by atoms with Crippen molar-refractivity contribution >= 4 is 29.7 Å². The van der Waals surface area contributed by atoms with Crippen molar-refractivity contribution in [3.63, 3.8) is 0 Å². The first kappa shape index (κ1) is 33.2. The van der Waals surface area contributed by atoms with Crippen LogP contribution in [-0.4, -0.2) is 139 Å². The summed E-state index contributed by atoms with van der Waals surface area (Å²) in [6.07, 6.45) is 2.18. The van der Waals surface area contributed by atoms with Crippen LogP contribution in [0.3, 0.4) is 0 Å². The van der Waals surface area contributed by atoms with Gasteiger partial charge < -0.3 is 31.7 Å². The number of rotatable bonds is 23. The molecule has 208 valence electrons. The number of carbonyl (C=O) groups is 5. The molecule has 0 fully saturated rings. The molecule has 0 saturated carbocycles. The number of nitrogens with two attached hydrogens (primary N) is 1. The van der Waals surface area contributed by atoms with Crippen LogP contribution in [0.25, 0.3) is 0 Å². The minimum absolute atomic E-state index is 0.0691. The summed E-state index contributed by atoms with van der Waals surface area (Å²) in [5, 5.41) is 32.9. The second-order valence-electron chi connectivity index (χ2n) is 8.80. The van der Waals surface area contributed by atoms with Gasteiger partial charge >= 0.3 is 17.9 Å². The smallest absolute Gasteiger partial charge is 0.317 e. The number of nitrogens with one attached hydrogen (secondary N) is 2. The summed E-state index contributed by atoms with van der Waals surface area (Å²) < 4.78 is 0. The first-order chi connectivity index (χ1) is 16.9. The molecule has 0 aromatic carbocycles. The van der Waals surface area contributed by atoms with Gasteiger partial charge in [0.1, 0.15) is 0 Å². The van der Waals surface area contributed by atoms with Gasteiger partial charge in [-0.25, -0.2) is 0 Å². The Hall–Kier alpha value is -2.81. The fraction of sp³-hybridized carbons (Fsp3) is 0.773. The highest BCUT2D eigenvalue weighted by Gasteiger charge is 2.16. The lowest BCUT2D eigenvalue weighted by Gasteiger charge is -2.27. The summed E-state index contributed by atoms with van der Waals surface area (Å²) in [6.45, 7) is 3.60. The van der Waals surface area contributed by atoms with Crippen molar-refractivity contribution in [1.29, 1.82) is 0 Å². The lowest BCUT2D eigenvalue weighted by molar-refractivity contribution is -0.140. The number of carboxylic acids is 3. The Bertz CT molecular complexity index is 708. The maximum absolute atomic E-state index is 11.9. The second-order valence-corrected chi connectivity index (χ2v) is 8.80. The molecular weight excluding hydrogens is 476 g/mol. The van der Waals surface area contributed by atoms with E-state index in [1.807, 2.05) is 0 Å². The summed E-state index contributed by atoms with van der Waals surface area (Å²) in [5.74, 6) is -3.75. The van der Waals surface area contributed by atoms with E-state index in [4.69, 9.17) is 15.9 Å². The zero-order valence-corrected chi connectivity index (χ0v) is 21.3. The quantitative estimate of drug-likeness (QED) is 0.0795. The van der Waals surface area contributed by atoms with Crippen LogP contribution in [0, 0.1) is 5.92 Å². The Labute approximate surface area is 211 Å². The Kier molecular flexibility index (Phi) is 17.9. The summed E-state index contributed by atoms with van der Waals surface area (Å²) in [6, 6.07) is 0. The van der Waals surface area contributed by atoms with Gasteiger partial charge in [-0.1, -0.05) is 13.3 Å². The van der Waals surface area contributed by atoms with E-state index in [0.29, 0.717) is 45.7 Å². The minimum Gasteiger partial charge on any atom is -0.480 e. The van der Waals surface area contributed by atoms with Gasteiger partial charge in [-0.3, -0.25) is 38.7 Å². The topological polar surface area (TPSA) is 206 Å². The Balaban J connectivity index is 4.37. The van der Waals surface area contributed by atoms with Crippen molar-refractivity contribution in [3.8, 4) is 0 Å². The van der Waals surface area contributed by atoms with Crippen molar-refractivity contribution in [2.45, 2.75) is 26.2 Å². The van der Waals surface area contributed by atoms with Gasteiger partial charge in [0.05, 0.1) is 26.2 Å². The molecular formula is C22H42N6O8. The fourth-order valence-electron chi connectivity index (χ4n) is 3.27. The van der Waals surface area contributed by atoms with Crippen LogP contribution in [0.2, 0.25) is 0 Å². The lowest BCUT2D eigenvalue weighted by Crippen LogP contribution is -2.45. The van der Waals surface area contributed by atoms with Crippen molar-refractivity contribution in [2.24, 2.45) is 11.7 Å². The van der Waals surface area contributed by atoms with Gasteiger partial charge in [0.15, 0.2) is 0 Å². The minimum atomic E-state index is -1.03. The molecule has 0 unspecified atom stereocenters. The van der Waals surface area contributed by atoms with Crippen molar-refractivity contribution in [2.75, 3.05) is 79.0 Å². The third-order valence-electron chi connectivity index (χ3n) is 5.42. The maximum Gasteiger partial charge on any atom is 0.317 e. The molecule has 36 heavy (non-hydrogen) atoms. The molecule has 14 heteroatoms. The monoisotopic (exact) mass is 518 g/mol. The Morgan fingerprint density at radius 1 is 0.778 bits per heavy atom. The molecule has 0 saturated heterocycles. The van der Waals surface area contributed by atoms with E-state index < -0.39 is 17.9 Å². The van der Waals surface area contributed by atoms with Gasteiger partial charge in [-0.2, -0.15) is 0 Å². The molecule has 0 aromatic rings. The average molecular weight is 519 g/mol. The number of carboxylic acid groups (broad SMARTS) is 3. The van der Waals surface area contributed by atoms with E-state index in [1.165, 1.54) is 0 Å². The molecule has 0 aliphatic heterocycles. The van der Waals surface area contributed by atoms with Gasteiger partial charge in [-0.05, 0) is 19.9 Å². The van der Waals surface area contributed by atoms with Crippen molar-refractivity contribution in [3.05, 3.63) is 0 Å². The summed E-state index contributed by atoms with van der Waals surface area (Å²) in [5.41, 5.74) is 5.21. The summed E-state index contributed by atoms with van der Waals surface area (Å²) in [4.78, 5) is 60.9. The highest BCUT2D eigenvalue weighted by Crippen LogP contribution is 2.06. The number of amides is 2. The molecule has 14 nitrogen and oxygen atoms in total. The normalized spacial score (nSPS) is 12.1. The second kappa shape index (κ2) is 19.4. The number of likely N-dealkylation sites (N-methyl/N-ethyl adjacent to an activating group) is 1. The van der Waals surface area contributed by atoms with E-state index in [9.17, 15) is 29.1 Å². The number of hydrogen-bond donors (Lipinski definition) is 6. The van der Waals surface area contributed by atoms with E-state index in [2.05, 4.69) is 10.6 Å². The van der Waals surface area contributed by atoms with E-state index in [1.54, 1.807) is 28.7 Å². The van der Waals surface area contributed by atoms with Crippen LogP contribution in [0.4, 0.5) is 0 Å². The van der Waals surface area contributed by atoms with Crippen LogP contribution in [0.1, 0.15) is 26.2 Å². The Morgan fingerprint density at radius 2 is 1.31 bits per heavy atom. The first-order valence-corrected chi connectivity index (χ1v) is 12.0. The van der Waals surface area contributed by atoms with Gasteiger partial charge in [0.2, 0.25) is 11.8 Å². The molecule has 0 aromatic heterocycles. The third-order valence-corrected chi connectivity index (χ3v) is 5.42. The molecule has 0 aliphatic carbocycles. The van der Waals surface area contributed by atoms with Gasteiger partial charge in [0.25, 0.3) is 0 Å². The summed E-state index contributed by atoms with van der Waals surface area (Å²) in [7, 11) is 1.62. The predicted octanol–water partition coefficient (Wildman–Crippen LogP) is -2.23. The summed E-state index contributed by atoms with van der Waals surface area (Å²) >= 11 is 0. The zero-order valence-electron chi connectivity index (χ0n) is 21.3. The SMILES string of the molecule is C[C@@H](CCCCNC(=O)CNCCN(CCN(CCN(C)CC(=O)O)CC(=O)O)CC(=O)O)C(N)=O. The molecule has 0 spiro atoms. The van der Waals surface area contributed by atoms with Crippen LogP contribution in [0.5, 0.6) is 0 Å². The molecule has 0 radical (unpaired) electrons. The van der Waals surface area contributed by atoms with Crippen molar-refractivity contribution in [1.82, 2.24) is 25.3 Å². The van der Waals surface area contributed by atoms with E-state index >= 15 is 0 Å². The molecule has 0 rings (SSSR count). The van der Waals surface area contributed by atoms with Crippen LogP contribution in [0.15, 0.2) is 0 Å². The maximum atomic E-state index is 11.9. The van der Waals surface area contributed by atoms with E-state index in [-0.39, 0.29) is 50.5 Å². The first-order valence-electron chi connectivity index (χ1n) is 12.0. The Morgan fingerprint density at radius 3 is 1.83 bits per heavy atom.